The smallest absolute Gasteiger partial charge is 0.454 e. The van der Waals surface area contributed by atoms with Crippen molar-refractivity contribution in [3.63, 3.8) is 0 Å². The molecule has 1 aliphatic heterocycles. The normalized spacial score (nSPS) is 17.2. The van der Waals surface area contributed by atoms with E-state index in [1.54, 1.807) is 25.6 Å². The molecule has 126 valence electrons. The maximum atomic E-state index is 9.55. The van der Waals surface area contributed by atoms with Crippen molar-refractivity contribution < 1.29 is 19.2 Å². The molecule has 0 amide bonds. The highest BCUT2D eigenvalue weighted by Crippen LogP contribution is 2.39. The van der Waals surface area contributed by atoms with Crippen LogP contribution in [0.1, 0.15) is 18.4 Å². The molecule has 2 heterocycles. The lowest BCUT2D eigenvalue weighted by molar-refractivity contribution is 0.292. The summed E-state index contributed by atoms with van der Waals surface area (Å²) in [5, 5.41) is 10.1. The van der Waals surface area contributed by atoms with Gasteiger partial charge >= 0.3 is 7.12 Å². The summed E-state index contributed by atoms with van der Waals surface area (Å²) in [5.41, 5.74) is 2.74. The van der Waals surface area contributed by atoms with E-state index < -0.39 is 7.12 Å². The highest BCUT2D eigenvalue weighted by atomic mass is 35.5. The van der Waals surface area contributed by atoms with E-state index in [2.05, 4.69) is 4.98 Å². The Hall–Kier alpha value is -1.76. The van der Waals surface area contributed by atoms with Gasteiger partial charge in [0, 0.05) is 42.1 Å². The zero-order chi connectivity index (χ0) is 17.1. The lowest BCUT2D eigenvalue weighted by Crippen LogP contribution is -2.07. The third kappa shape index (κ3) is 3.51. The zero-order valence-electron chi connectivity index (χ0n) is 13.7. The summed E-state index contributed by atoms with van der Waals surface area (Å²) in [6.07, 6.45) is 4.14. The van der Waals surface area contributed by atoms with E-state index in [1.165, 1.54) is 0 Å². The third-order valence-corrected chi connectivity index (χ3v) is 4.38. The molecule has 0 unspecified atom stereocenters. The summed E-state index contributed by atoms with van der Waals surface area (Å²) < 4.78 is 16.2. The minimum absolute atomic E-state index is 0.135. The van der Waals surface area contributed by atoms with Crippen LogP contribution in [0.4, 0.5) is 0 Å². The summed E-state index contributed by atoms with van der Waals surface area (Å²) in [6, 6.07) is 5.64. The Balaban J connectivity index is 1.98. The van der Waals surface area contributed by atoms with Crippen molar-refractivity contribution in [3.05, 3.63) is 41.2 Å². The summed E-state index contributed by atoms with van der Waals surface area (Å²) in [5.74, 6) is 1.38. The Morgan fingerprint density at radius 2 is 2.17 bits per heavy atom. The molecule has 0 saturated carbocycles. The van der Waals surface area contributed by atoms with Gasteiger partial charge in [0.1, 0.15) is 0 Å². The first-order valence-corrected chi connectivity index (χ1v) is 8.25. The molecule has 0 aliphatic carbocycles. The molecule has 1 atom stereocenters. The molecule has 24 heavy (non-hydrogen) atoms. The van der Waals surface area contributed by atoms with Crippen molar-refractivity contribution in [1.82, 2.24) is 4.98 Å². The van der Waals surface area contributed by atoms with Crippen LogP contribution in [0.3, 0.4) is 0 Å². The van der Waals surface area contributed by atoms with E-state index in [4.69, 9.17) is 25.7 Å². The van der Waals surface area contributed by atoms with E-state index in [1.807, 2.05) is 19.1 Å². The van der Waals surface area contributed by atoms with Crippen molar-refractivity contribution in [2.75, 3.05) is 20.3 Å². The summed E-state index contributed by atoms with van der Waals surface area (Å²) in [6.45, 7) is 2.95. The minimum Gasteiger partial charge on any atom is -0.493 e. The van der Waals surface area contributed by atoms with Crippen LogP contribution < -0.4 is 9.47 Å². The number of nitrogens with zero attached hydrogens (tertiary/aromatic N) is 1. The number of hydrogen-bond acceptors (Lipinski definition) is 5. The average molecular weight is 348 g/mol. The number of methoxy groups -OCH3 is 1. The molecule has 0 radical (unpaired) electrons. The van der Waals surface area contributed by atoms with Crippen LogP contribution in [-0.4, -0.2) is 37.4 Å². The number of pyridine rings is 1. The van der Waals surface area contributed by atoms with Gasteiger partial charge in [-0.05, 0) is 30.9 Å². The fraction of sp³-hybridized carbons (Fsp3) is 0.353. The number of aromatic nitrogens is 1. The Labute approximate surface area is 146 Å². The predicted molar refractivity (Wildman–Crippen MR) is 93.9 cm³/mol. The molecular formula is C17H19BClNO4. The highest BCUT2D eigenvalue weighted by molar-refractivity contribution is 6.43. The average Bonchev–Trinajstić information content (AvgIpc) is 3.03. The van der Waals surface area contributed by atoms with E-state index >= 15 is 0 Å². The molecule has 0 bridgehead atoms. The monoisotopic (exact) mass is 347 g/mol. The number of halogens is 1. The molecule has 1 fully saturated rings. The van der Waals surface area contributed by atoms with Crippen molar-refractivity contribution in [3.8, 4) is 22.6 Å². The Morgan fingerprint density at radius 3 is 2.83 bits per heavy atom. The second-order valence-corrected chi connectivity index (χ2v) is 6.05. The van der Waals surface area contributed by atoms with Gasteiger partial charge in [-0.15, -0.1) is 0 Å². The van der Waals surface area contributed by atoms with Gasteiger partial charge in [-0.3, -0.25) is 4.98 Å². The van der Waals surface area contributed by atoms with Crippen LogP contribution in [-0.2, 0) is 4.65 Å². The molecule has 3 rings (SSSR count). The second kappa shape index (κ2) is 7.42. The van der Waals surface area contributed by atoms with Gasteiger partial charge in [0.25, 0.3) is 0 Å². The Bertz CT molecular complexity index is 728. The number of hydrogen-bond donors (Lipinski definition) is 1. The molecule has 1 saturated heterocycles. The van der Waals surface area contributed by atoms with Crippen molar-refractivity contribution in [2.45, 2.75) is 19.2 Å². The highest BCUT2D eigenvalue weighted by Gasteiger charge is 2.30. The van der Waals surface area contributed by atoms with Crippen LogP contribution in [0.2, 0.25) is 11.3 Å². The van der Waals surface area contributed by atoms with Crippen LogP contribution in [0.5, 0.6) is 11.5 Å². The Kier molecular flexibility index (Phi) is 5.28. The first-order chi connectivity index (χ1) is 11.6. The lowest BCUT2D eigenvalue weighted by Gasteiger charge is -2.14. The predicted octanol–water partition coefficient (Wildman–Crippen LogP) is 3.40. The van der Waals surface area contributed by atoms with Gasteiger partial charge in [-0.1, -0.05) is 11.6 Å². The van der Waals surface area contributed by atoms with Gasteiger partial charge in [-0.25, -0.2) is 0 Å². The molecule has 2 aromatic rings. The van der Waals surface area contributed by atoms with E-state index in [9.17, 15) is 5.02 Å². The van der Waals surface area contributed by atoms with Crippen LogP contribution in [0, 0.1) is 0 Å². The first kappa shape index (κ1) is 17.1. The van der Waals surface area contributed by atoms with E-state index in [0.29, 0.717) is 36.1 Å². The molecule has 0 spiro atoms. The van der Waals surface area contributed by atoms with Crippen molar-refractivity contribution >= 4 is 18.7 Å². The van der Waals surface area contributed by atoms with Crippen molar-refractivity contribution in [2.24, 2.45) is 0 Å². The van der Waals surface area contributed by atoms with Gasteiger partial charge in [-0.2, -0.15) is 0 Å². The van der Waals surface area contributed by atoms with Crippen LogP contribution in [0.15, 0.2) is 30.6 Å². The quantitative estimate of drug-likeness (QED) is 0.840. The van der Waals surface area contributed by atoms with Crippen LogP contribution in [0.25, 0.3) is 11.1 Å². The molecular weight excluding hydrogens is 328 g/mol. The molecule has 1 N–H and O–H groups in total. The maximum Gasteiger partial charge on any atom is 0.454 e. The number of benzene rings is 1. The van der Waals surface area contributed by atoms with E-state index in [-0.39, 0.29) is 5.92 Å². The number of ether oxygens (including phenoxy) is 2. The van der Waals surface area contributed by atoms with Gasteiger partial charge in [0.15, 0.2) is 11.5 Å². The largest absolute Gasteiger partial charge is 0.493 e. The standard InChI is InChI=1S/C17H19BClNO4/c1-3-23-17-5-14(15(19)6-16(17)22-2)12-4-11(8-20-9-12)13-7-18(21)24-10-13/h4-6,8-9,13,21H,3,7,10H2,1-2H3/t13-/m1/s1. The SMILES string of the molecule is CCOc1cc(-c2cncc([C@H]3COB(O)C3)c2)c(Cl)cc1OC. The second-order valence-electron chi connectivity index (χ2n) is 5.64. The molecule has 5 nitrogen and oxygen atoms in total. The molecule has 1 aromatic carbocycles. The van der Waals surface area contributed by atoms with Crippen LogP contribution >= 0.6 is 11.6 Å². The summed E-state index contributed by atoms with van der Waals surface area (Å²) >= 11 is 6.42. The Morgan fingerprint density at radius 1 is 1.33 bits per heavy atom. The third-order valence-electron chi connectivity index (χ3n) is 4.07. The first-order valence-electron chi connectivity index (χ1n) is 7.87. The molecule has 7 heteroatoms. The van der Waals surface area contributed by atoms with E-state index in [0.717, 1.165) is 16.7 Å². The van der Waals surface area contributed by atoms with Gasteiger partial charge < -0.3 is 19.2 Å². The number of rotatable bonds is 5. The molecule has 1 aliphatic rings. The van der Waals surface area contributed by atoms with Crippen molar-refractivity contribution in [1.29, 1.82) is 0 Å². The topological polar surface area (TPSA) is 60.8 Å². The fourth-order valence-electron chi connectivity index (χ4n) is 2.85. The fourth-order valence-corrected chi connectivity index (χ4v) is 3.11. The summed E-state index contributed by atoms with van der Waals surface area (Å²) in [7, 11) is 0.884. The van der Waals surface area contributed by atoms with Gasteiger partial charge in [0.05, 0.1) is 18.7 Å². The minimum atomic E-state index is -0.701. The maximum absolute atomic E-state index is 9.55. The zero-order valence-corrected chi connectivity index (χ0v) is 14.4. The molecule has 1 aromatic heterocycles. The van der Waals surface area contributed by atoms with Gasteiger partial charge in [0.2, 0.25) is 0 Å². The summed E-state index contributed by atoms with van der Waals surface area (Å²) in [4.78, 5) is 4.32. The lowest BCUT2D eigenvalue weighted by atomic mass is 9.80.